The van der Waals surface area contributed by atoms with E-state index >= 15 is 0 Å². The molecule has 29 heavy (non-hydrogen) atoms. The van der Waals surface area contributed by atoms with Gasteiger partial charge >= 0.3 is 5.69 Å². The summed E-state index contributed by atoms with van der Waals surface area (Å²) in [5.74, 6) is -0.0324. The first-order chi connectivity index (χ1) is 13.4. The Morgan fingerprint density at radius 3 is 2.72 bits per heavy atom. The molecule has 2 aromatic heterocycles. The lowest BCUT2D eigenvalue weighted by molar-refractivity contribution is -0.118. The minimum Gasteiger partial charge on any atom is -0.398 e. The Balaban J connectivity index is 0.00000240. The van der Waals surface area contributed by atoms with Gasteiger partial charge in [0.25, 0.3) is 5.56 Å². The molecule has 0 spiro atoms. The molecule has 0 bridgehead atoms. The van der Waals surface area contributed by atoms with Gasteiger partial charge in [0.1, 0.15) is 0 Å². The Hall–Kier alpha value is -3.07. The van der Waals surface area contributed by atoms with Crippen LogP contribution in [0.4, 0.5) is 11.4 Å². The van der Waals surface area contributed by atoms with Gasteiger partial charge in [-0.3, -0.25) is 18.7 Å². The molecule has 9 nitrogen and oxygen atoms in total. The van der Waals surface area contributed by atoms with Crippen LogP contribution in [0.1, 0.15) is 18.4 Å². The number of nitrogen functional groups attached to an aromatic ring is 1. The van der Waals surface area contributed by atoms with Gasteiger partial charge in [0.05, 0.1) is 6.33 Å². The van der Waals surface area contributed by atoms with E-state index in [9.17, 15) is 14.4 Å². The second kappa shape index (κ2) is 7.75. The van der Waals surface area contributed by atoms with E-state index in [-0.39, 0.29) is 24.7 Å². The maximum Gasteiger partial charge on any atom is 0.332 e. The van der Waals surface area contributed by atoms with Crippen LogP contribution in [0.25, 0.3) is 11.2 Å². The molecule has 3 heterocycles. The van der Waals surface area contributed by atoms with Gasteiger partial charge in [0, 0.05) is 45.0 Å². The third kappa shape index (κ3) is 3.31. The molecule has 0 aliphatic carbocycles. The van der Waals surface area contributed by atoms with Crippen molar-refractivity contribution in [3.63, 3.8) is 0 Å². The lowest BCUT2D eigenvalue weighted by Crippen LogP contribution is -2.38. The maximum absolute atomic E-state index is 12.9. The van der Waals surface area contributed by atoms with E-state index in [1.165, 1.54) is 17.9 Å². The molecule has 1 aromatic carbocycles. The smallest absolute Gasteiger partial charge is 0.332 e. The molecule has 0 atom stereocenters. The molecule has 0 unspecified atom stereocenters. The molecule has 154 valence electrons. The maximum atomic E-state index is 12.9. The van der Waals surface area contributed by atoms with Crippen LogP contribution < -0.4 is 21.9 Å². The van der Waals surface area contributed by atoms with Gasteiger partial charge in [-0.1, -0.05) is 6.07 Å². The second-order valence-corrected chi connectivity index (χ2v) is 7.06. The number of benzene rings is 1. The van der Waals surface area contributed by atoms with Gasteiger partial charge in [-0.05, 0) is 30.5 Å². The fourth-order valence-corrected chi connectivity index (χ4v) is 3.83. The number of amides is 1. The first-order valence-corrected chi connectivity index (χ1v) is 9.18. The fraction of sp³-hybridized carbons (Fsp3) is 0.368. The predicted octanol–water partition coefficient (Wildman–Crippen LogP) is 0.807. The SMILES string of the molecule is Cl.Cn1c(=O)c2c(ncn2CCC(=O)N2CCCc3c(N)cccc32)n(C)c1=O. The summed E-state index contributed by atoms with van der Waals surface area (Å²) in [7, 11) is 3.00. The summed E-state index contributed by atoms with van der Waals surface area (Å²) >= 11 is 0. The van der Waals surface area contributed by atoms with Crippen molar-refractivity contribution >= 4 is 40.9 Å². The summed E-state index contributed by atoms with van der Waals surface area (Å²) < 4.78 is 4.02. The summed E-state index contributed by atoms with van der Waals surface area (Å²) in [5.41, 5.74) is 8.44. The molecule has 0 saturated carbocycles. The third-order valence-electron chi connectivity index (χ3n) is 5.37. The van der Waals surface area contributed by atoms with Gasteiger partial charge < -0.3 is 15.2 Å². The van der Waals surface area contributed by atoms with E-state index in [0.717, 1.165) is 28.7 Å². The van der Waals surface area contributed by atoms with Crippen molar-refractivity contribution in [2.45, 2.75) is 25.8 Å². The molecule has 2 N–H and O–H groups in total. The van der Waals surface area contributed by atoms with Crippen molar-refractivity contribution in [2.24, 2.45) is 14.1 Å². The van der Waals surface area contributed by atoms with Crippen LogP contribution in [0.15, 0.2) is 34.1 Å². The van der Waals surface area contributed by atoms with E-state index < -0.39 is 11.2 Å². The lowest BCUT2D eigenvalue weighted by Gasteiger charge is -2.30. The van der Waals surface area contributed by atoms with Crippen molar-refractivity contribution < 1.29 is 4.79 Å². The first-order valence-electron chi connectivity index (χ1n) is 9.18. The van der Waals surface area contributed by atoms with Crippen LogP contribution in [-0.4, -0.2) is 31.1 Å². The zero-order valence-electron chi connectivity index (χ0n) is 16.3. The quantitative estimate of drug-likeness (QED) is 0.633. The Kier molecular flexibility index (Phi) is 5.52. The standard InChI is InChI=1S/C19H22N6O3.ClH/c1-22-17-16(18(27)23(2)19(22)28)24(11-21-17)10-8-15(26)25-9-4-5-12-13(20)6-3-7-14(12)25;/h3,6-7,11H,4-5,8-10,20H2,1-2H3;1H. The number of halogens is 1. The summed E-state index contributed by atoms with van der Waals surface area (Å²) in [6.45, 7) is 0.952. The van der Waals surface area contributed by atoms with Crippen molar-refractivity contribution in [2.75, 3.05) is 17.2 Å². The zero-order chi connectivity index (χ0) is 20.0. The van der Waals surface area contributed by atoms with E-state index in [4.69, 9.17) is 5.73 Å². The molecule has 3 aromatic rings. The molecule has 1 aliphatic rings. The molecule has 1 amide bonds. The Morgan fingerprint density at radius 1 is 1.21 bits per heavy atom. The highest BCUT2D eigenvalue weighted by Gasteiger charge is 2.24. The molecular weight excluding hydrogens is 396 g/mol. The molecular formula is C19H23ClN6O3. The number of aryl methyl sites for hydroxylation is 2. The first kappa shape index (κ1) is 20.7. The monoisotopic (exact) mass is 418 g/mol. The van der Waals surface area contributed by atoms with E-state index in [1.54, 1.807) is 16.5 Å². The van der Waals surface area contributed by atoms with Crippen molar-refractivity contribution in [3.8, 4) is 0 Å². The van der Waals surface area contributed by atoms with Crippen molar-refractivity contribution in [1.82, 2.24) is 18.7 Å². The van der Waals surface area contributed by atoms with Crippen LogP contribution in [0, 0.1) is 0 Å². The topological polar surface area (TPSA) is 108 Å². The van der Waals surface area contributed by atoms with Crippen LogP contribution in [-0.2, 0) is 31.9 Å². The Labute approximate surface area is 172 Å². The highest BCUT2D eigenvalue weighted by atomic mass is 35.5. The molecule has 0 radical (unpaired) electrons. The number of carbonyl (C=O) groups excluding carboxylic acids is 1. The van der Waals surface area contributed by atoms with Gasteiger partial charge in [-0.2, -0.15) is 0 Å². The molecule has 10 heteroatoms. The summed E-state index contributed by atoms with van der Waals surface area (Å²) in [5, 5.41) is 0. The fourth-order valence-electron chi connectivity index (χ4n) is 3.83. The van der Waals surface area contributed by atoms with E-state index in [1.807, 2.05) is 18.2 Å². The van der Waals surface area contributed by atoms with Gasteiger partial charge in [0.15, 0.2) is 11.2 Å². The number of anilines is 2. The largest absolute Gasteiger partial charge is 0.398 e. The van der Waals surface area contributed by atoms with E-state index in [2.05, 4.69) is 4.98 Å². The summed E-state index contributed by atoms with van der Waals surface area (Å²) in [6.07, 6.45) is 3.44. The minimum atomic E-state index is -0.429. The number of nitrogens with zero attached hydrogens (tertiary/aromatic N) is 5. The highest BCUT2D eigenvalue weighted by molar-refractivity contribution is 5.95. The van der Waals surface area contributed by atoms with Crippen LogP contribution >= 0.6 is 12.4 Å². The minimum absolute atomic E-state index is 0. The van der Waals surface area contributed by atoms with Gasteiger partial charge in [-0.15, -0.1) is 12.4 Å². The van der Waals surface area contributed by atoms with Crippen LogP contribution in [0.5, 0.6) is 0 Å². The number of aromatic nitrogens is 4. The van der Waals surface area contributed by atoms with Gasteiger partial charge in [0.2, 0.25) is 5.91 Å². The number of imidazole rings is 1. The molecule has 0 saturated heterocycles. The number of nitrogens with two attached hydrogens (primary N) is 1. The summed E-state index contributed by atoms with van der Waals surface area (Å²) in [6, 6.07) is 5.62. The van der Waals surface area contributed by atoms with Crippen LogP contribution in [0.3, 0.4) is 0 Å². The van der Waals surface area contributed by atoms with Gasteiger partial charge in [-0.25, -0.2) is 9.78 Å². The number of fused-ring (bicyclic) bond motifs is 2. The van der Waals surface area contributed by atoms with Crippen molar-refractivity contribution in [3.05, 3.63) is 50.9 Å². The predicted molar refractivity (Wildman–Crippen MR) is 114 cm³/mol. The third-order valence-corrected chi connectivity index (χ3v) is 5.37. The highest BCUT2D eigenvalue weighted by Crippen LogP contribution is 2.31. The lowest BCUT2D eigenvalue weighted by atomic mass is 9.99. The Morgan fingerprint density at radius 2 is 1.97 bits per heavy atom. The van der Waals surface area contributed by atoms with Crippen molar-refractivity contribution in [1.29, 1.82) is 0 Å². The number of rotatable bonds is 3. The van der Waals surface area contributed by atoms with Crippen LogP contribution in [0.2, 0.25) is 0 Å². The second-order valence-electron chi connectivity index (χ2n) is 7.06. The zero-order valence-corrected chi connectivity index (χ0v) is 17.1. The number of hydrogen-bond acceptors (Lipinski definition) is 5. The summed E-state index contributed by atoms with van der Waals surface area (Å²) in [4.78, 5) is 43.4. The average molecular weight is 419 g/mol. The number of hydrogen-bond donors (Lipinski definition) is 1. The van der Waals surface area contributed by atoms with E-state index in [0.29, 0.717) is 29.9 Å². The molecule has 0 fully saturated rings. The Bertz CT molecular complexity index is 1210. The molecule has 4 rings (SSSR count). The average Bonchev–Trinajstić information content (AvgIpc) is 3.13. The number of carbonyl (C=O) groups is 1. The normalized spacial score (nSPS) is 13.2. The molecule has 1 aliphatic heterocycles.